The number of rotatable bonds is 38. The first-order valence-electron chi connectivity index (χ1n) is 24.6. The standard InChI is InChI=1S/C41H73N7O9.3C2HF3O2/c42-22-12-25-45-36(49)19-28-54-32-41(33-55-29-20-37(50)46-26-13-23-43,34-56-30-21-38(51)47-27-14-24-44)48-39(52)17-10-5-3-1-2-4-6-11-18-40(53)57-31-35-15-8-7-9-16-35;3*3-2(4,5)1(6)7/h7-9,15-16H,1-6,10-14,17-34,42-44H2,(H,45,49)(H,46,50)(H,47,51)(H,48,52);3*(H,6,7). The molecule has 452 valence electrons. The number of nitrogens with two attached hydrogens (primary N) is 3. The molecule has 0 radical (unpaired) electrons. The average Bonchev–Trinajstić information content (AvgIpc) is 3.35. The summed E-state index contributed by atoms with van der Waals surface area (Å²) in [7, 11) is 0. The Morgan fingerprint density at radius 2 is 0.744 bits per heavy atom. The molecule has 78 heavy (non-hydrogen) atoms. The van der Waals surface area contributed by atoms with Gasteiger partial charge in [-0.15, -0.1) is 0 Å². The number of carbonyl (C=O) groups is 8. The third-order valence-electron chi connectivity index (χ3n) is 9.57. The van der Waals surface area contributed by atoms with E-state index in [-0.39, 0.29) is 94.9 Å². The second-order valence-electron chi connectivity index (χ2n) is 16.6. The predicted octanol–water partition coefficient (Wildman–Crippen LogP) is 4.00. The first-order valence-corrected chi connectivity index (χ1v) is 24.6. The van der Waals surface area contributed by atoms with Crippen LogP contribution in [0.2, 0.25) is 0 Å². The first kappa shape index (κ1) is 76.3. The Hall–Kier alpha value is -5.89. The topological polar surface area (TPSA) is 360 Å². The highest BCUT2D eigenvalue weighted by atomic mass is 19.4. The molecule has 0 fully saturated rings. The highest BCUT2D eigenvalue weighted by Gasteiger charge is 2.39. The van der Waals surface area contributed by atoms with E-state index in [0.717, 1.165) is 50.5 Å². The van der Waals surface area contributed by atoms with Crippen molar-refractivity contribution in [2.45, 2.75) is 133 Å². The molecular weight excluding hydrogens is 1070 g/mol. The van der Waals surface area contributed by atoms with E-state index in [9.17, 15) is 63.5 Å². The lowest BCUT2D eigenvalue weighted by atomic mass is 10.0. The fraction of sp³-hybridized carbons (Fsp3) is 0.702. The lowest BCUT2D eigenvalue weighted by molar-refractivity contribution is -0.193. The van der Waals surface area contributed by atoms with E-state index in [4.69, 9.17) is 65.9 Å². The Morgan fingerprint density at radius 1 is 0.436 bits per heavy atom. The minimum atomic E-state index is -5.08. The number of hydrogen-bond acceptors (Lipinski definition) is 15. The smallest absolute Gasteiger partial charge is 0.475 e. The van der Waals surface area contributed by atoms with Crippen LogP contribution >= 0.6 is 0 Å². The van der Waals surface area contributed by atoms with Crippen LogP contribution in [0.25, 0.3) is 0 Å². The minimum absolute atomic E-state index is 0.0229. The van der Waals surface area contributed by atoms with Crippen LogP contribution in [-0.2, 0) is 63.9 Å². The largest absolute Gasteiger partial charge is 0.490 e. The van der Waals surface area contributed by atoms with Crippen LogP contribution in [-0.4, -0.2) is 166 Å². The van der Waals surface area contributed by atoms with E-state index in [2.05, 4.69) is 21.3 Å². The molecule has 0 aliphatic carbocycles. The number of carboxylic acids is 3. The number of amides is 4. The average molecular weight is 1150 g/mol. The van der Waals surface area contributed by atoms with Gasteiger partial charge in [-0.25, -0.2) is 14.4 Å². The second kappa shape index (κ2) is 46.1. The molecule has 0 spiro atoms. The predicted molar refractivity (Wildman–Crippen MR) is 261 cm³/mol. The zero-order valence-corrected chi connectivity index (χ0v) is 43.3. The summed E-state index contributed by atoms with van der Waals surface area (Å²) >= 11 is 0. The summed E-state index contributed by atoms with van der Waals surface area (Å²) in [5.41, 5.74) is 16.4. The molecule has 0 heterocycles. The maximum Gasteiger partial charge on any atom is 0.490 e. The van der Waals surface area contributed by atoms with Gasteiger partial charge in [0.05, 0.1) is 39.6 Å². The summed E-state index contributed by atoms with van der Waals surface area (Å²) in [6.07, 6.45) is -4.74. The van der Waals surface area contributed by atoms with Crippen molar-refractivity contribution in [3.8, 4) is 0 Å². The fourth-order valence-electron chi connectivity index (χ4n) is 5.57. The van der Waals surface area contributed by atoms with Crippen LogP contribution in [0, 0.1) is 0 Å². The molecule has 0 bridgehead atoms. The number of benzene rings is 1. The second-order valence-corrected chi connectivity index (χ2v) is 16.6. The quantitative estimate of drug-likeness (QED) is 0.0254. The maximum absolute atomic E-state index is 13.4. The van der Waals surface area contributed by atoms with Crippen LogP contribution in [0.1, 0.15) is 108 Å². The molecule has 1 aromatic rings. The van der Waals surface area contributed by atoms with Crippen molar-refractivity contribution in [2.24, 2.45) is 17.2 Å². The number of esters is 1. The number of alkyl halides is 9. The summed E-state index contributed by atoms with van der Waals surface area (Å²) in [5.74, 6) is -9.17. The molecule has 4 amide bonds. The number of nitrogens with one attached hydrogen (secondary N) is 4. The normalized spacial score (nSPS) is 11.2. The lowest BCUT2D eigenvalue weighted by Gasteiger charge is -2.34. The summed E-state index contributed by atoms with van der Waals surface area (Å²) in [6.45, 7) is 3.37. The van der Waals surface area contributed by atoms with Gasteiger partial charge in [-0.1, -0.05) is 68.9 Å². The van der Waals surface area contributed by atoms with E-state index in [1.54, 1.807) is 0 Å². The SMILES string of the molecule is NCCCNC(=O)CCOCC(COCCC(=O)NCCCN)(COCCC(=O)NCCCN)NC(=O)CCCCCCCCCCC(=O)OCc1ccccc1.O=C(O)C(F)(F)F.O=C(O)C(F)(F)F.O=C(O)C(F)(F)F. The Balaban J connectivity index is -0.00000223. The Labute approximate surface area is 445 Å². The molecule has 0 aliphatic rings. The number of ether oxygens (including phenoxy) is 4. The number of halogens is 9. The van der Waals surface area contributed by atoms with Crippen molar-refractivity contribution in [1.82, 2.24) is 21.3 Å². The first-order chi connectivity index (χ1) is 36.6. The molecule has 0 unspecified atom stereocenters. The molecule has 0 saturated carbocycles. The van der Waals surface area contributed by atoms with E-state index in [1.807, 2.05) is 30.3 Å². The van der Waals surface area contributed by atoms with Crippen molar-refractivity contribution >= 4 is 47.5 Å². The van der Waals surface area contributed by atoms with Gasteiger partial charge in [0.25, 0.3) is 0 Å². The molecular formula is C47H76F9N7O15. The molecule has 22 nitrogen and oxygen atoms in total. The van der Waals surface area contributed by atoms with E-state index in [1.165, 1.54) is 0 Å². The van der Waals surface area contributed by atoms with Crippen LogP contribution in [0.5, 0.6) is 0 Å². The van der Waals surface area contributed by atoms with Gasteiger partial charge in [0.1, 0.15) is 12.1 Å². The van der Waals surface area contributed by atoms with Gasteiger partial charge in [0.2, 0.25) is 23.6 Å². The van der Waals surface area contributed by atoms with E-state index in [0.29, 0.717) is 78.0 Å². The van der Waals surface area contributed by atoms with Crippen LogP contribution in [0.3, 0.4) is 0 Å². The Morgan fingerprint density at radius 3 is 1.05 bits per heavy atom. The van der Waals surface area contributed by atoms with Gasteiger partial charge in [0, 0.05) is 51.7 Å². The molecule has 0 aliphatic heterocycles. The Bertz CT molecular complexity index is 1690. The van der Waals surface area contributed by atoms with Crippen LogP contribution < -0.4 is 38.5 Å². The zero-order chi connectivity index (χ0) is 59.9. The number of carbonyl (C=O) groups excluding carboxylic acids is 5. The van der Waals surface area contributed by atoms with E-state index >= 15 is 0 Å². The fourth-order valence-corrected chi connectivity index (χ4v) is 5.57. The third-order valence-corrected chi connectivity index (χ3v) is 9.57. The van der Waals surface area contributed by atoms with Gasteiger partial charge < -0.3 is 72.7 Å². The Kier molecular flexibility index (Phi) is 45.1. The maximum atomic E-state index is 13.4. The number of aliphatic carboxylic acids is 3. The summed E-state index contributed by atoms with van der Waals surface area (Å²) < 4.78 is 118. The van der Waals surface area contributed by atoms with Crippen molar-refractivity contribution in [3.05, 3.63) is 35.9 Å². The molecule has 13 N–H and O–H groups in total. The van der Waals surface area contributed by atoms with Crippen molar-refractivity contribution in [1.29, 1.82) is 0 Å². The van der Waals surface area contributed by atoms with Crippen LogP contribution in [0.4, 0.5) is 39.5 Å². The molecule has 0 saturated heterocycles. The van der Waals surface area contributed by atoms with Gasteiger partial charge in [0.15, 0.2) is 0 Å². The van der Waals surface area contributed by atoms with Crippen LogP contribution in [0.15, 0.2) is 30.3 Å². The number of unbranched alkanes of at least 4 members (excludes halogenated alkanes) is 7. The number of hydrogen-bond donors (Lipinski definition) is 10. The highest BCUT2D eigenvalue weighted by molar-refractivity contribution is 5.78. The summed E-state index contributed by atoms with van der Waals surface area (Å²) in [4.78, 5) is 88.8. The highest BCUT2D eigenvalue weighted by Crippen LogP contribution is 2.16. The van der Waals surface area contributed by atoms with Gasteiger partial charge in [-0.2, -0.15) is 39.5 Å². The molecule has 1 aromatic carbocycles. The van der Waals surface area contributed by atoms with Crippen molar-refractivity contribution < 1.29 is 112 Å². The van der Waals surface area contributed by atoms with Gasteiger partial charge >= 0.3 is 42.4 Å². The van der Waals surface area contributed by atoms with Crippen molar-refractivity contribution in [2.75, 3.05) is 78.9 Å². The molecule has 0 atom stereocenters. The monoisotopic (exact) mass is 1150 g/mol. The minimum Gasteiger partial charge on any atom is -0.475 e. The zero-order valence-electron chi connectivity index (χ0n) is 43.3. The molecule has 0 aromatic heterocycles. The van der Waals surface area contributed by atoms with E-state index < -0.39 is 42.0 Å². The van der Waals surface area contributed by atoms with Crippen molar-refractivity contribution in [3.63, 3.8) is 0 Å². The molecule has 31 heteroatoms. The summed E-state index contributed by atoms with van der Waals surface area (Å²) in [5, 5.41) is 32.8. The third kappa shape index (κ3) is 49.7. The number of carboxylic acid groups (broad SMARTS) is 3. The molecule has 1 rings (SSSR count). The summed E-state index contributed by atoms with van der Waals surface area (Å²) in [6, 6.07) is 9.64. The van der Waals surface area contributed by atoms with Gasteiger partial charge in [-0.3, -0.25) is 24.0 Å². The lowest BCUT2D eigenvalue weighted by Crippen LogP contribution is -2.58. The van der Waals surface area contributed by atoms with Gasteiger partial charge in [-0.05, 0) is 57.3 Å².